The summed E-state index contributed by atoms with van der Waals surface area (Å²) < 4.78 is 5.11. The third-order valence-corrected chi connectivity index (χ3v) is 4.94. The van der Waals surface area contributed by atoms with Crippen LogP contribution in [0, 0.1) is 0 Å². The number of carbonyl (C=O) groups excluding carboxylic acids is 2. The van der Waals surface area contributed by atoms with Crippen molar-refractivity contribution in [3.05, 3.63) is 60.2 Å². The Kier molecular flexibility index (Phi) is 8.02. The molecule has 0 heterocycles. The van der Waals surface area contributed by atoms with Gasteiger partial charge in [-0.3, -0.25) is 9.59 Å². The second kappa shape index (κ2) is 10.5. The lowest BCUT2D eigenvalue weighted by molar-refractivity contribution is -0.882. The van der Waals surface area contributed by atoms with Gasteiger partial charge in [-0.2, -0.15) is 0 Å². The quantitative estimate of drug-likeness (QED) is 0.693. The SMILES string of the molecule is CC[NH+](CC(=O)Nc1ccc(OC)cc1)CC(=O)N(C)[C@H](C)c1ccccc1. The van der Waals surface area contributed by atoms with E-state index in [0.29, 0.717) is 12.2 Å². The van der Waals surface area contributed by atoms with E-state index in [0.717, 1.165) is 16.2 Å². The summed E-state index contributed by atoms with van der Waals surface area (Å²) in [6, 6.07) is 17.1. The highest BCUT2D eigenvalue weighted by Gasteiger charge is 2.23. The molecule has 0 fully saturated rings. The van der Waals surface area contributed by atoms with E-state index in [1.54, 1.807) is 36.3 Å². The lowest BCUT2D eigenvalue weighted by Gasteiger charge is -2.27. The van der Waals surface area contributed by atoms with E-state index < -0.39 is 0 Å². The van der Waals surface area contributed by atoms with Crippen LogP contribution in [0.1, 0.15) is 25.5 Å². The van der Waals surface area contributed by atoms with E-state index in [1.807, 2.05) is 51.2 Å². The zero-order valence-corrected chi connectivity index (χ0v) is 17.1. The van der Waals surface area contributed by atoms with Crippen molar-refractivity contribution in [2.75, 3.05) is 39.1 Å². The van der Waals surface area contributed by atoms with E-state index in [-0.39, 0.29) is 30.9 Å². The summed E-state index contributed by atoms with van der Waals surface area (Å²) >= 11 is 0. The fourth-order valence-electron chi connectivity index (χ4n) is 2.93. The number of rotatable bonds is 9. The molecule has 2 rings (SSSR count). The molecule has 0 radical (unpaired) electrons. The van der Waals surface area contributed by atoms with Gasteiger partial charge in [-0.15, -0.1) is 0 Å². The maximum atomic E-state index is 12.7. The number of amides is 2. The molecule has 2 aromatic carbocycles. The molecule has 0 aliphatic rings. The van der Waals surface area contributed by atoms with Crippen molar-refractivity contribution in [2.24, 2.45) is 0 Å². The van der Waals surface area contributed by atoms with Crippen LogP contribution in [0.3, 0.4) is 0 Å². The zero-order valence-electron chi connectivity index (χ0n) is 17.1. The minimum absolute atomic E-state index is 0.0140. The third kappa shape index (κ3) is 6.09. The normalized spacial score (nSPS) is 12.7. The van der Waals surface area contributed by atoms with Crippen LogP contribution in [-0.4, -0.2) is 50.5 Å². The summed E-state index contributed by atoms with van der Waals surface area (Å²) in [4.78, 5) is 27.7. The van der Waals surface area contributed by atoms with Gasteiger partial charge in [0.15, 0.2) is 13.1 Å². The van der Waals surface area contributed by atoms with Crippen molar-refractivity contribution in [1.82, 2.24) is 4.90 Å². The average molecular weight is 385 g/mol. The van der Waals surface area contributed by atoms with Crippen molar-refractivity contribution in [3.8, 4) is 5.75 Å². The molecule has 0 saturated carbocycles. The smallest absolute Gasteiger partial charge is 0.279 e. The number of quaternary nitrogens is 1. The van der Waals surface area contributed by atoms with Crippen LogP contribution < -0.4 is 15.0 Å². The van der Waals surface area contributed by atoms with Crippen LogP contribution in [0.15, 0.2) is 54.6 Å². The maximum absolute atomic E-state index is 12.7. The van der Waals surface area contributed by atoms with Gasteiger partial charge < -0.3 is 19.9 Å². The molecule has 0 spiro atoms. The van der Waals surface area contributed by atoms with E-state index in [9.17, 15) is 9.59 Å². The second-order valence-electron chi connectivity index (χ2n) is 6.83. The maximum Gasteiger partial charge on any atom is 0.279 e. The fourth-order valence-corrected chi connectivity index (χ4v) is 2.93. The van der Waals surface area contributed by atoms with Gasteiger partial charge in [0.1, 0.15) is 5.75 Å². The number of methoxy groups -OCH3 is 1. The summed E-state index contributed by atoms with van der Waals surface area (Å²) in [5.41, 5.74) is 1.80. The first-order valence-electron chi connectivity index (χ1n) is 9.52. The van der Waals surface area contributed by atoms with Gasteiger partial charge >= 0.3 is 0 Å². The first kappa shape index (κ1) is 21.4. The Hall–Kier alpha value is -2.86. The Bertz CT molecular complexity index is 762. The standard InChI is InChI=1S/C22H29N3O3/c1-5-25(15-21(26)23-19-11-13-20(28-4)14-12-19)16-22(27)24(3)17(2)18-9-7-6-8-10-18/h6-14,17H,5,15-16H2,1-4H3,(H,23,26)/p+1/t17-/m1/s1. The topological polar surface area (TPSA) is 63.1 Å². The van der Waals surface area contributed by atoms with Crippen molar-refractivity contribution >= 4 is 17.5 Å². The monoisotopic (exact) mass is 384 g/mol. The number of hydrogen-bond acceptors (Lipinski definition) is 3. The molecule has 2 aromatic rings. The molecular weight excluding hydrogens is 354 g/mol. The van der Waals surface area contributed by atoms with Crippen molar-refractivity contribution in [3.63, 3.8) is 0 Å². The summed E-state index contributed by atoms with van der Waals surface area (Å²) in [7, 11) is 3.41. The van der Waals surface area contributed by atoms with Crippen LogP contribution >= 0.6 is 0 Å². The Morgan fingerprint density at radius 3 is 2.29 bits per heavy atom. The summed E-state index contributed by atoms with van der Waals surface area (Å²) in [6.07, 6.45) is 0. The highest BCUT2D eigenvalue weighted by molar-refractivity contribution is 5.91. The van der Waals surface area contributed by atoms with Gasteiger partial charge in [0.2, 0.25) is 0 Å². The van der Waals surface area contributed by atoms with Crippen molar-refractivity contribution in [1.29, 1.82) is 0 Å². The summed E-state index contributed by atoms with van der Waals surface area (Å²) in [6.45, 7) is 5.19. The van der Waals surface area contributed by atoms with E-state index >= 15 is 0 Å². The van der Waals surface area contributed by atoms with Gasteiger partial charge in [-0.05, 0) is 43.7 Å². The van der Waals surface area contributed by atoms with E-state index in [4.69, 9.17) is 4.74 Å². The molecule has 2 atom stereocenters. The number of likely N-dealkylation sites (N-methyl/N-ethyl adjacent to an activating group) is 2. The molecule has 1 unspecified atom stereocenters. The number of ether oxygens (including phenoxy) is 1. The Morgan fingerprint density at radius 2 is 1.71 bits per heavy atom. The molecular formula is C22H30N3O3+. The minimum atomic E-state index is -0.117. The van der Waals surface area contributed by atoms with Crippen molar-refractivity contribution in [2.45, 2.75) is 19.9 Å². The number of nitrogens with one attached hydrogen (secondary N) is 2. The number of nitrogens with zero attached hydrogens (tertiary/aromatic N) is 1. The fraction of sp³-hybridized carbons (Fsp3) is 0.364. The first-order valence-corrected chi connectivity index (χ1v) is 9.52. The molecule has 0 saturated heterocycles. The zero-order chi connectivity index (χ0) is 20.5. The molecule has 0 aliphatic heterocycles. The summed E-state index contributed by atoms with van der Waals surface area (Å²) in [5.74, 6) is 0.638. The van der Waals surface area contributed by atoms with Crippen LogP contribution in [0.5, 0.6) is 5.75 Å². The van der Waals surface area contributed by atoms with E-state index in [1.165, 1.54) is 0 Å². The van der Waals surface area contributed by atoms with Crippen molar-refractivity contribution < 1.29 is 19.2 Å². The average Bonchev–Trinajstić information content (AvgIpc) is 2.73. The molecule has 6 heteroatoms. The first-order chi connectivity index (χ1) is 13.4. The highest BCUT2D eigenvalue weighted by Crippen LogP contribution is 2.17. The minimum Gasteiger partial charge on any atom is -0.497 e. The largest absolute Gasteiger partial charge is 0.497 e. The molecule has 2 amide bonds. The molecule has 0 aliphatic carbocycles. The third-order valence-electron chi connectivity index (χ3n) is 4.94. The lowest BCUT2D eigenvalue weighted by Crippen LogP contribution is -3.13. The van der Waals surface area contributed by atoms with Gasteiger partial charge in [-0.25, -0.2) is 0 Å². The Morgan fingerprint density at radius 1 is 1.07 bits per heavy atom. The molecule has 0 bridgehead atoms. The lowest BCUT2D eigenvalue weighted by atomic mass is 10.1. The van der Waals surface area contributed by atoms with E-state index in [2.05, 4.69) is 5.32 Å². The number of anilines is 1. The number of carbonyl (C=O) groups is 2. The second-order valence-corrected chi connectivity index (χ2v) is 6.83. The predicted octanol–water partition coefficient (Wildman–Crippen LogP) is 1.76. The van der Waals surface area contributed by atoms with Crippen LogP contribution in [0.25, 0.3) is 0 Å². The Labute approximate surface area is 167 Å². The van der Waals surface area contributed by atoms with Gasteiger partial charge in [0.25, 0.3) is 11.8 Å². The summed E-state index contributed by atoms with van der Waals surface area (Å²) in [5, 5.41) is 2.87. The van der Waals surface area contributed by atoms with Gasteiger partial charge in [0, 0.05) is 12.7 Å². The molecule has 0 aromatic heterocycles. The molecule has 6 nitrogen and oxygen atoms in total. The molecule has 150 valence electrons. The van der Waals surface area contributed by atoms with Gasteiger partial charge in [-0.1, -0.05) is 30.3 Å². The highest BCUT2D eigenvalue weighted by atomic mass is 16.5. The van der Waals surface area contributed by atoms with Crippen LogP contribution in [0.4, 0.5) is 5.69 Å². The Balaban J connectivity index is 1.89. The predicted molar refractivity (Wildman–Crippen MR) is 110 cm³/mol. The van der Waals surface area contributed by atoms with Crippen LogP contribution in [0.2, 0.25) is 0 Å². The van der Waals surface area contributed by atoms with Gasteiger partial charge in [0.05, 0.1) is 19.7 Å². The molecule has 2 N–H and O–H groups in total. The number of hydrogen-bond donors (Lipinski definition) is 2. The molecule has 28 heavy (non-hydrogen) atoms. The number of benzene rings is 2. The van der Waals surface area contributed by atoms with Crippen LogP contribution in [-0.2, 0) is 9.59 Å².